The van der Waals surface area contributed by atoms with Gasteiger partial charge in [0.25, 0.3) is 0 Å². The average molecular weight is 645 g/mol. The zero-order chi connectivity index (χ0) is 33.5. The highest BCUT2D eigenvalue weighted by molar-refractivity contribution is 6.26. The number of aryl methyl sites for hydroxylation is 1. The number of benzene rings is 9. The van der Waals surface area contributed by atoms with Crippen molar-refractivity contribution in [2.75, 3.05) is 0 Å². The van der Waals surface area contributed by atoms with Gasteiger partial charge in [-0.3, -0.25) is 0 Å². The highest BCUT2D eigenvalue weighted by atomic mass is 14.6. The summed E-state index contributed by atoms with van der Waals surface area (Å²) < 4.78 is 0. The van der Waals surface area contributed by atoms with E-state index >= 15 is 0 Å². The van der Waals surface area contributed by atoms with Crippen molar-refractivity contribution < 1.29 is 0 Å². The maximum atomic E-state index is 2.62. The predicted molar refractivity (Wildman–Crippen MR) is 212 cm³/mol. The normalized spacial score (nSPS) is 15.1. The molecule has 0 radical (unpaired) electrons. The monoisotopic (exact) mass is 644 g/mol. The van der Waals surface area contributed by atoms with Crippen LogP contribution in [0.4, 0.5) is 0 Å². The maximum Gasteiger partial charge on any atom is 0.0720 e. The third-order valence-corrected chi connectivity index (χ3v) is 12.6. The van der Waals surface area contributed by atoms with Gasteiger partial charge in [0.1, 0.15) is 0 Å². The molecule has 3 aliphatic carbocycles. The first-order valence-electron chi connectivity index (χ1n) is 18.1. The lowest BCUT2D eigenvalue weighted by Crippen LogP contribution is -2.43. The minimum absolute atomic E-state index is 0.492. The summed E-state index contributed by atoms with van der Waals surface area (Å²) in [6, 6.07) is 67.4. The molecule has 0 saturated carbocycles. The van der Waals surface area contributed by atoms with Gasteiger partial charge in [0.05, 0.1) is 10.8 Å². The molecule has 0 fully saturated rings. The summed E-state index contributed by atoms with van der Waals surface area (Å²) in [6.45, 7) is 2.21. The first-order chi connectivity index (χ1) is 25.2. The van der Waals surface area contributed by atoms with E-state index in [4.69, 9.17) is 0 Å². The molecule has 0 heteroatoms. The highest BCUT2D eigenvalue weighted by Crippen LogP contribution is 2.67. The van der Waals surface area contributed by atoms with Gasteiger partial charge in [0.15, 0.2) is 0 Å². The average Bonchev–Trinajstić information content (AvgIpc) is 3.65. The number of hydrogen-bond acceptors (Lipinski definition) is 0. The molecule has 0 amide bonds. The molecule has 9 aromatic carbocycles. The Kier molecular flexibility index (Phi) is 5.14. The fraction of sp³-hybridized carbons (Fsp3) is 0.0588. The van der Waals surface area contributed by atoms with E-state index in [0.29, 0.717) is 0 Å². The second-order valence-electron chi connectivity index (χ2n) is 14.8. The lowest BCUT2D eigenvalue weighted by Gasteiger charge is -2.49. The van der Waals surface area contributed by atoms with Gasteiger partial charge in [-0.2, -0.15) is 0 Å². The molecule has 0 saturated heterocycles. The quantitative estimate of drug-likeness (QED) is 0.144. The van der Waals surface area contributed by atoms with Crippen LogP contribution in [-0.2, 0) is 10.8 Å². The van der Waals surface area contributed by atoms with Crippen molar-refractivity contribution in [3.05, 3.63) is 226 Å². The Labute approximate surface area is 297 Å². The lowest BCUT2D eigenvalue weighted by atomic mass is 9.52. The largest absolute Gasteiger partial charge is 0.0720 e. The SMILES string of the molecule is Cc1ccc2c(c1)c1ccccc1c1cc3c(cc21)C1(c2ccccc2-c2ccccc21)c1ccccc1C31c2ccccc2-c2ccccc21. The van der Waals surface area contributed by atoms with Crippen LogP contribution in [0.5, 0.6) is 0 Å². The Balaban J connectivity index is 1.39. The Hall–Kier alpha value is -6.24. The van der Waals surface area contributed by atoms with Crippen molar-refractivity contribution >= 4 is 32.3 Å². The van der Waals surface area contributed by atoms with E-state index in [0.717, 1.165) is 0 Å². The molecule has 0 atom stereocenters. The van der Waals surface area contributed by atoms with Crippen LogP contribution in [0, 0.1) is 6.92 Å². The summed E-state index contributed by atoms with van der Waals surface area (Å²) in [5, 5.41) is 7.89. The van der Waals surface area contributed by atoms with Crippen molar-refractivity contribution in [1.82, 2.24) is 0 Å². The first-order valence-corrected chi connectivity index (χ1v) is 18.1. The summed E-state index contributed by atoms with van der Waals surface area (Å²) in [4.78, 5) is 0. The standard InChI is InChI=1S/C51H32/c1-31-26-27-34-39(28-31)32-14-2-3-15-33(32)40-29-48-49(30-41(34)40)51(44-22-10-6-18-37(44)38-19-7-11-23-45(38)51)47-25-13-12-24-46(47)50(48)42-20-8-4-16-35(42)36-17-5-9-21-43(36)50/h2-30H,1H3. The summed E-state index contributed by atoms with van der Waals surface area (Å²) >= 11 is 0. The molecule has 236 valence electrons. The van der Waals surface area contributed by atoms with Crippen LogP contribution >= 0.6 is 0 Å². The van der Waals surface area contributed by atoms with E-state index in [1.54, 1.807) is 0 Å². The Morgan fingerprint density at radius 3 is 0.980 bits per heavy atom. The third-order valence-electron chi connectivity index (χ3n) is 12.6. The van der Waals surface area contributed by atoms with Crippen molar-refractivity contribution in [2.45, 2.75) is 17.8 Å². The van der Waals surface area contributed by atoms with Crippen LogP contribution in [-0.4, -0.2) is 0 Å². The summed E-state index contributed by atoms with van der Waals surface area (Å²) in [5.74, 6) is 0. The summed E-state index contributed by atoms with van der Waals surface area (Å²) in [5.41, 5.74) is 16.6. The maximum absolute atomic E-state index is 2.62. The topological polar surface area (TPSA) is 0 Å². The molecule has 0 aliphatic heterocycles. The molecule has 0 N–H and O–H groups in total. The van der Waals surface area contributed by atoms with Crippen molar-refractivity contribution in [3.63, 3.8) is 0 Å². The molecule has 0 heterocycles. The summed E-state index contributed by atoms with van der Waals surface area (Å²) in [6.07, 6.45) is 0. The molecule has 3 aliphatic rings. The molecule has 9 aromatic rings. The molecule has 51 heavy (non-hydrogen) atoms. The van der Waals surface area contributed by atoms with E-state index in [-0.39, 0.29) is 0 Å². The zero-order valence-corrected chi connectivity index (χ0v) is 28.2. The predicted octanol–water partition coefficient (Wildman–Crippen LogP) is 12.5. The lowest BCUT2D eigenvalue weighted by molar-refractivity contribution is 0.634. The molecule has 0 bridgehead atoms. The number of fused-ring (bicyclic) bond motifs is 22. The highest BCUT2D eigenvalue weighted by Gasteiger charge is 2.59. The van der Waals surface area contributed by atoms with E-state index in [9.17, 15) is 0 Å². The van der Waals surface area contributed by atoms with Gasteiger partial charge >= 0.3 is 0 Å². The van der Waals surface area contributed by atoms with Crippen molar-refractivity contribution in [2.24, 2.45) is 0 Å². The van der Waals surface area contributed by atoms with Crippen LogP contribution in [0.25, 0.3) is 54.6 Å². The van der Waals surface area contributed by atoms with E-state index < -0.39 is 10.8 Å². The van der Waals surface area contributed by atoms with E-state index in [1.807, 2.05) is 0 Å². The first kappa shape index (κ1) is 27.6. The van der Waals surface area contributed by atoms with Gasteiger partial charge in [0.2, 0.25) is 0 Å². The molecule has 0 nitrogen and oxygen atoms in total. The molecule has 0 aromatic heterocycles. The molecular formula is C51H32. The van der Waals surface area contributed by atoms with Gasteiger partial charge in [-0.05, 0) is 118 Å². The van der Waals surface area contributed by atoms with Gasteiger partial charge in [-0.1, -0.05) is 169 Å². The Morgan fingerprint density at radius 2 is 0.569 bits per heavy atom. The van der Waals surface area contributed by atoms with Crippen LogP contribution in [0.3, 0.4) is 0 Å². The Morgan fingerprint density at radius 1 is 0.255 bits per heavy atom. The Bertz CT molecular complexity index is 2900. The van der Waals surface area contributed by atoms with Crippen LogP contribution in [0.15, 0.2) is 176 Å². The van der Waals surface area contributed by atoms with Gasteiger partial charge in [-0.25, -0.2) is 0 Å². The number of hydrogen-bond donors (Lipinski definition) is 0. The minimum Gasteiger partial charge on any atom is -0.0619 e. The van der Waals surface area contributed by atoms with E-state index in [2.05, 4.69) is 183 Å². The molecule has 12 rings (SSSR count). The summed E-state index contributed by atoms with van der Waals surface area (Å²) in [7, 11) is 0. The zero-order valence-electron chi connectivity index (χ0n) is 28.2. The fourth-order valence-electron chi connectivity index (χ4n) is 10.8. The van der Waals surface area contributed by atoms with Crippen LogP contribution < -0.4 is 0 Å². The van der Waals surface area contributed by atoms with Gasteiger partial charge < -0.3 is 0 Å². The number of rotatable bonds is 0. The van der Waals surface area contributed by atoms with Crippen molar-refractivity contribution in [3.8, 4) is 22.3 Å². The molecule has 2 spiro atoms. The minimum atomic E-state index is -0.492. The van der Waals surface area contributed by atoms with Crippen LogP contribution in [0.2, 0.25) is 0 Å². The third kappa shape index (κ3) is 3.11. The fourth-order valence-corrected chi connectivity index (χ4v) is 10.8. The van der Waals surface area contributed by atoms with Gasteiger partial charge in [0, 0.05) is 0 Å². The second kappa shape index (κ2) is 9.50. The van der Waals surface area contributed by atoms with Gasteiger partial charge in [-0.15, -0.1) is 0 Å². The smallest absolute Gasteiger partial charge is 0.0619 e. The molecular weight excluding hydrogens is 613 g/mol. The van der Waals surface area contributed by atoms with Crippen molar-refractivity contribution in [1.29, 1.82) is 0 Å². The van der Waals surface area contributed by atoms with E-state index in [1.165, 1.54) is 105 Å². The van der Waals surface area contributed by atoms with Crippen LogP contribution in [0.1, 0.15) is 50.1 Å². The molecule has 0 unspecified atom stereocenters. The second-order valence-corrected chi connectivity index (χ2v) is 14.8.